The Kier molecular flexibility index (Phi) is 7.72. The number of aromatic carboxylic acids is 1. The number of nitrogens with zero attached hydrogens (tertiary/aromatic N) is 1. The maximum atomic E-state index is 11.1. The summed E-state index contributed by atoms with van der Waals surface area (Å²) in [5.41, 5.74) is 6.25. The number of benzene rings is 3. The number of carboxylic acids is 1. The highest BCUT2D eigenvalue weighted by Crippen LogP contribution is 2.20. The van der Waals surface area contributed by atoms with Gasteiger partial charge in [0, 0.05) is 5.71 Å². The smallest absolute Gasteiger partial charge is 0.335 e. The Balaban J connectivity index is 0.000000278. The van der Waals surface area contributed by atoms with E-state index in [9.17, 15) is 4.79 Å². The molecule has 0 saturated heterocycles. The molecule has 0 amide bonds. The van der Waals surface area contributed by atoms with Crippen molar-refractivity contribution in [3.63, 3.8) is 0 Å². The average Bonchev–Trinajstić information content (AvgIpc) is 2.71. The highest BCUT2D eigenvalue weighted by Gasteiger charge is 2.08. The van der Waals surface area contributed by atoms with Gasteiger partial charge in [0.15, 0.2) is 0 Å². The van der Waals surface area contributed by atoms with Gasteiger partial charge in [0.25, 0.3) is 0 Å². The summed E-state index contributed by atoms with van der Waals surface area (Å²) in [6.07, 6.45) is 0. The fraction of sp³-hybridized carbons (Fsp3) is 0.200. The third-order valence-electron chi connectivity index (χ3n) is 4.53. The lowest BCUT2D eigenvalue weighted by molar-refractivity contribution is 0.0697. The lowest BCUT2D eigenvalue weighted by Gasteiger charge is -2.08. The van der Waals surface area contributed by atoms with Gasteiger partial charge in [-0.25, -0.2) is 4.79 Å². The van der Waals surface area contributed by atoms with Gasteiger partial charge in [-0.2, -0.15) is 0 Å². The Bertz CT molecular complexity index is 1000. The van der Waals surface area contributed by atoms with E-state index in [4.69, 9.17) is 9.84 Å². The molecule has 0 spiro atoms. The van der Waals surface area contributed by atoms with Gasteiger partial charge >= 0.3 is 5.97 Å². The molecule has 3 rings (SSSR count). The zero-order valence-electron chi connectivity index (χ0n) is 17.6. The van der Waals surface area contributed by atoms with E-state index in [0.717, 1.165) is 33.8 Å². The zero-order valence-corrected chi connectivity index (χ0v) is 17.6. The molecule has 4 nitrogen and oxygen atoms in total. The molecule has 150 valence electrons. The van der Waals surface area contributed by atoms with Crippen molar-refractivity contribution in [3.8, 4) is 5.75 Å². The SMILES string of the molecule is CC(=Nc1ccccc1C)c1cc(C(=O)O)ccc1C.COc1ccc(C)cc1. The minimum Gasteiger partial charge on any atom is -0.497 e. The predicted octanol–water partition coefficient (Wildman–Crippen LogP) is 6.15. The summed E-state index contributed by atoms with van der Waals surface area (Å²) in [6, 6.07) is 20.9. The number of rotatable bonds is 4. The van der Waals surface area contributed by atoms with Gasteiger partial charge in [-0.15, -0.1) is 0 Å². The first-order chi connectivity index (χ1) is 13.8. The van der Waals surface area contributed by atoms with Crippen LogP contribution in [-0.2, 0) is 0 Å². The quantitative estimate of drug-likeness (QED) is 0.545. The topological polar surface area (TPSA) is 58.9 Å². The molecule has 3 aromatic rings. The van der Waals surface area contributed by atoms with Gasteiger partial charge in [-0.05, 0) is 74.7 Å². The number of carboxylic acid groups (broad SMARTS) is 1. The molecular formula is C25H27NO3. The zero-order chi connectivity index (χ0) is 21.4. The highest BCUT2D eigenvalue weighted by molar-refractivity contribution is 6.03. The van der Waals surface area contributed by atoms with Crippen LogP contribution in [0.25, 0.3) is 0 Å². The maximum absolute atomic E-state index is 11.1. The molecule has 0 fully saturated rings. The van der Waals surface area contributed by atoms with Crippen LogP contribution in [0.3, 0.4) is 0 Å². The summed E-state index contributed by atoms with van der Waals surface area (Å²) in [4.78, 5) is 15.7. The van der Waals surface area contributed by atoms with Crippen molar-refractivity contribution >= 4 is 17.4 Å². The Labute approximate surface area is 172 Å². The van der Waals surface area contributed by atoms with Crippen LogP contribution in [0.2, 0.25) is 0 Å². The molecule has 0 radical (unpaired) electrons. The van der Waals surface area contributed by atoms with E-state index in [1.807, 2.05) is 75.4 Å². The van der Waals surface area contributed by atoms with E-state index < -0.39 is 5.97 Å². The van der Waals surface area contributed by atoms with Crippen molar-refractivity contribution in [1.29, 1.82) is 0 Å². The van der Waals surface area contributed by atoms with E-state index in [0.29, 0.717) is 0 Å². The summed E-state index contributed by atoms with van der Waals surface area (Å²) >= 11 is 0. The van der Waals surface area contributed by atoms with Gasteiger partial charge in [-0.3, -0.25) is 4.99 Å². The van der Waals surface area contributed by atoms with Crippen molar-refractivity contribution in [2.45, 2.75) is 27.7 Å². The molecule has 0 bridgehead atoms. The number of carbonyl (C=O) groups is 1. The summed E-state index contributed by atoms with van der Waals surface area (Å²) in [7, 11) is 1.67. The molecule has 0 unspecified atom stereocenters. The second-order valence-corrected chi connectivity index (χ2v) is 6.84. The Morgan fingerprint density at radius 2 is 1.55 bits per heavy atom. The predicted molar refractivity (Wildman–Crippen MR) is 119 cm³/mol. The molecule has 0 heterocycles. The van der Waals surface area contributed by atoms with Crippen LogP contribution < -0.4 is 4.74 Å². The van der Waals surface area contributed by atoms with E-state index in [1.165, 1.54) is 5.56 Å². The summed E-state index contributed by atoms with van der Waals surface area (Å²) < 4.78 is 4.97. The normalized spacial score (nSPS) is 10.7. The number of aliphatic imine (C=N–C) groups is 1. The molecule has 0 aliphatic rings. The fourth-order valence-corrected chi connectivity index (χ4v) is 2.75. The summed E-state index contributed by atoms with van der Waals surface area (Å²) in [5.74, 6) is -0.00413. The summed E-state index contributed by atoms with van der Waals surface area (Å²) in [6.45, 7) is 7.92. The molecular weight excluding hydrogens is 362 g/mol. The van der Waals surface area contributed by atoms with E-state index >= 15 is 0 Å². The van der Waals surface area contributed by atoms with E-state index in [-0.39, 0.29) is 5.56 Å². The first-order valence-corrected chi connectivity index (χ1v) is 9.37. The number of ether oxygens (including phenoxy) is 1. The van der Waals surface area contributed by atoms with E-state index in [2.05, 4.69) is 11.9 Å². The first-order valence-electron chi connectivity index (χ1n) is 9.37. The maximum Gasteiger partial charge on any atom is 0.335 e. The van der Waals surface area contributed by atoms with Crippen LogP contribution in [0.15, 0.2) is 71.7 Å². The molecule has 0 aliphatic heterocycles. The Hall–Kier alpha value is -3.40. The van der Waals surface area contributed by atoms with Crippen LogP contribution in [0.4, 0.5) is 5.69 Å². The lowest BCUT2D eigenvalue weighted by Crippen LogP contribution is -2.03. The molecule has 0 atom stereocenters. The molecule has 0 saturated carbocycles. The molecule has 29 heavy (non-hydrogen) atoms. The largest absolute Gasteiger partial charge is 0.497 e. The van der Waals surface area contributed by atoms with Gasteiger partial charge in [0.2, 0.25) is 0 Å². The molecule has 0 aliphatic carbocycles. The number of methoxy groups -OCH3 is 1. The van der Waals surface area contributed by atoms with Gasteiger partial charge in [-0.1, -0.05) is 42.0 Å². The molecule has 4 heteroatoms. The van der Waals surface area contributed by atoms with Crippen LogP contribution in [0.1, 0.15) is 39.5 Å². The minimum absolute atomic E-state index is 0.282. The van der Waals surface area contributed by atoms with Gasteiger partial charge < -0.3 is 9.84 Å². The van der Waals surface area contributed by atoms with Crippen LogP contribution in [-0.4, -0.2) is 23.9 Å². The van der Waals surface area contributed by atoms with Gasteiger partial charge in [0.05, 0.1) is 18.4 Å². The average molecular weight is 389 g/mol. The van der Waals surface area contributed by atoms with Crippen molar-refractivity contribution in [2.24, 2.45) is 4.99 Å². The highest BCUT2D eigenvalue weighted by atomic mass is 16.5. The fourth-order valence-electron chi connectivity index (χ4n) is 2.75. The molecule has 0 aromatic heterocycles. The Morgan fingerprint density at radius 3 is 2.14 bits per heavy atom. The Morgan fingerprint density at radius 1 is 0.897 bits per heavy atom. The third kappa shape index (κ3) is 6.32. The van der Waals surface area contributed by atoms with Crippen molar-refractivity contribution in [1.82, 2.24) is 0 Å². The molecule has 3 aromatic carbocycles. The van der Waals surface area contributed by atoms with Crippen molar-refractivity contribution < 1.29 is 14.6 Å². The summed E-state index contributed by atoms with van der Waals surface area (Å²) in [5, 5.41) is 9.08. The molecule has 1 N–H and O–H groups in total. The van der Waals surface area contributed by atoms with Crippen LogP contribution in [0, 0.1) is 20.8 Å². The lowest BCUT2D eigenvalue weighted by atomic mass is 10.0. The van der Waals surface area contributed by atoms with Crippen molar-refractivity contribution in [3.05, 3.63) is 94.5 Å². The number of hydrogen-bond donors (Lipinski definition) is 1. The number of para-hydroxylation sites is 1. The first kappa shape index (κ1) is 21.9. The number of hydrogen-bond acceptors (Lipinski definition) is 3. The van der Waals surface area contributed by atoms with Crippen LogP contribution in [0.5, 0.6) is 5.75 Å². The van der Waals surface area contributed by atoms with Crippen molar-refractivity contribution in [2.75, 3.05) is 7.11 Å². The minimum atomic E-state index is -0.921. The second kappa shape index (κ2) is 10.2. The standard InChI is InChI=1S/C17H17NO2.C8H10O/c1-11-8-9-14(17(19)20)10-15(11)13(3)18-16-7-5-4-6-12(16)2;1-7-3-5-8(9-2)6-4-7/h4-10H,1-3H3,(H,19,20);3-6H,1-2H3. The van der Waals surface area contributed by atoms with Gasteiger partial charge in [0.1, 0.15) is 5.75 Å². The van der Waals surface area contributed by atoms with E-state index in [1.54, 1.807) is 19.2 Å². The third-order valence-corrected chi connectivity index (χ3v) is 4.53. The second-order valence-electron chi connectivity index (χ2n) is 6.84. The van der Waals surface area contributed by atoms with Crippen LogP contribution >= 0.6 is 0 Å². The number of aryl methyl sites for hydroxylation is 3. The monoisotopic (exact) mass is 389 g/mol.